The average Bonchev–Trinajstić information content (AvgIpc) is 2.75. The molecule has 0 spiro atoms. The monoisotopic (exact) mass is 413 g/mol. The molecule has 1 amide bonds. The molecule has 154 valence electrons. The predicted octanol–water partition coefficient (Wildman–Crippen LogP) is 2.83. The second kappa shape index (κ2) is 9.61. The number of hydrogen-bond donors (Lipinski definition) is 1. The van der Waals surface area contributed by atoms with Gasteiger partial charge in [-0.3, -0.25) is 14.6 Å². The molecule has 1 saturated heterocycles. The molecule has 2 aliphatic rings. The Balaban J connectivity index is 1.16. The highest BCUT2D eigenvalue weighted by Crippen LogP contribution is 2.29. The molecule has 2 aromatic carbocycles. The van der Waals surface area contributed by atoms with Crippen molar-refractivity contribution in [3.8, 4) is 5.75 Å². The lowest BCUT2D eigenvalue weighted by Crippen LogP contribution is -2.48. The highest BCUT2D eigenvalue weighted by Gasteiger charge is 2.26. The summed E-state index contributed by atoms with van der Waals surface area (Å²) in [7, 11) is 0. The predicted molar refractivity (Wildman–Crippen MR) is 115 cm³/mol. The Labute approximate surface area is 177 Å². The van der Waals surface area contributed by atoms with Crippen molar-refractivity contribution < 1.29 is 9.53 Å². The quantitative estimate of drug-likeness (QED) is 0.791. The molecule has 0 aromatic heterocycles. The first kappa shape index (κ1) is 20.2. The van der Waals surface area contributed by atoms with Crippen molar-refractivity contribution >= 4 is 17.5 Å². The van der Waals surface area contributed by atoms with E-state index in [0.29, 0.717) is 24.6 Å². The van der Waals surface area contributed by atoms with Crippen molar-refractivity contribution in [3.05, 3.63) is 64.7 Å². The summed E-state index contributed by atoms with van der Waals surface area (Å²) in [4.78, 5) is 17.5. The molecular weight excluding hydrogens is 386 g/mol. The number of nitrogens with one attached hydrogen (secondary N) is 1. The minimum atomic E-state index is -0.149. The zero-order valence-corrected chi connectivity index (χ0v) is 17.4. The first-order valence-electron chi connectivity index (χ1n) is 10.3. The van der Waals surface area contributed by atoms with Crippen molar-refractivity contribution in [2.45, 2.75) is 13.0 Å². The van der Waals surface area contributed by atoms with Crippen LogP contribution in [0.25, 0.3) is 0 Å². The highest BCUT2D eigenvalue weighted by atomic mass is 35.5. The number of benzene rings is 2. The molecule has 5 nitrogen and oxygen atoms in total. The number of fused-ring (bicyclic) bond motifs is 1. The molecule has 0 saturated carbocycles. The maximum absolute atomic E-state index is 12.5. The second-order valence-electron chi connectivity index (χ2n) is 7.86. The third kappa shape index (κ3) is 5.50. The molecule has 0 radical (unpaired) electrons. The van der Waals surface area contributed by atoms with E-state index in [4.69, 9.17) is 16.3 Å². The van der Waals surface area contributed by atoms with Gasteiger partial charge < -0.3 is 10.1 Å². The van der Waals surface area contributed by atoms with Gasteiger partial charge in [0.1, 0.15) is 12.4 Å². The molecule has 0 aliphatic carbocycles. The van der Waals surface area contributed by atoms with E-state index in [-0.39, 0.29) is 11.8 Å². The van der Waals surface area contributed by atoms with Crippen LogP contribution in [0.3, 0.4) is 0 Å². The van der Waals surface area contributed by atoms with E-state index in [0.717, 1.165) is 50.6 Å². The van der Waals surface area contributed by atoms with Gasteiger partial charge in [0.05, 0.1) is 5.92 Å². The Morgan fingerprint density at radius 3 is 2.62 bits per heavy atom. The topological polar surface area (TPSA) is 44.8 Å². The number of nitrogens with zero attached hydrogens (tertiary/aromatic N) is 2. The summed E-state index contributed by atoms with van der Waals surface area (Å²) < 4.78 is 5.73. The van der Waals surface area contributed by atoms with Crippen LogP contribution in [0.2, 0.25) is 5.02 Å². The molecule has 4 rings (SSSR count). The van der Waals surface area contributed by atoms with Crippen molar-refractivity contribution in [2.75, 3.05) is 45.9 Å². The summed E-state index contributed by atoms with van der Waals surface area (Å²) in [5.74, 6) is 0.758. The molecule has 1 fully saturated rings. The number of hydrogen-bond acceptors (Lipinski definition) is 4. The SMILES string of the molecule is O=C(NCCN1CCN(Cc2ccccc2)CC1)C1COc2ccc(Cl)cc2C1. The zero-order chi connectivity index (χ0) is 20.1. The van der Waals surface area contributed by atoms with Crippen LogP contribution in [0.5, 0.6) is 5.75 Å². The van der Waals surface area contributed by atoms with Crippen molar-refractivity contribution in [1.82, 2.24) is 15.1 Å². The van der Waals surface area contributed by atoms with Crippen LogP contribution in [-0.2, 0) is 17.8 Å². The minimum absolute atomic E-state index is 0.0679. The third-order valence-corrected chi connectivity index (χ3v) is 5.98. The number of carbonyl (C=O) groups is 1. The van der Waals surface area contributed by atoms with Crippen LogP contribution < -0.4 is 10.1 Å². The summed E-state index contributed by atoms with van der Waals surface area (Å²) in [5.41, 5.74) is 2.38. The van der Waals surface area contributed by atoms with E-state index in [1.807, 2.05) is 18.2 Å². The van der Waals surface area contributed by atoms with Gasteiger partial charge >= 0.3 is 0 Å². The lowest BCUT2D eigenvalue weighted by molar-refractivity contribution is -0.126. The van der Waals surface area contributed by atoms with E-state index in [1.54, 1.807) is 0 Å². The van der Waals surface area contributed by atoms with Crippen LogP contribution in [0, 0.1) is 5.92 Å². The van der Waals surface area contributed by atoms with Gasteiger partial charge in [-0.25, -0.2) is 0 Å². The third-order valence-electron chi connectivity index (χ3n) is 5.74. The smallest absolute Gasteiger partial charge is 0.226 e. The maximum Gasteiger partial charge on any atom is 0.226 e. The zero-order valence-electron chi connectivity index (χ0n) is 16.6. The van der Waals surface area contributed by atoms with Crippen LogP contribution in [0.4, 0.5) is 0 Å². The molecule has 2 aliphatic heterocycles. The van der Waals surface area contributed by atoms with E-state index < -0.39 is 0 Å². The molecule has 29 heavy (non-hydrogen) atoms. The summed E-state index contributed by atoms with van der Waals surface area (Å²) in [6.07, 6.45) is 0.680. The van der Waals surface area contributed by atoms with Gasteiger partial charge in [-0.2, -0.15) is 0 Å². The van der Waals surface area contributed by atoms with E-state index >= 15 is 0 Å². The Kier molecular flexibility index (Phi) is 6.70. The molecular formula is C23H28ClN3O2. The fraction of sp³-hybridized carbons (Fsp3) is 0.435. The normalized spacial score (nSPS) is 20.0. The summed E-state index contributed by atoms with van der Waals surface area (Å²) in [6, 6.07) is 16.2. The Morgan fingerprint density at radius 2 is 1.83 bits per heavy atom. The number of ether oxygens (including phenoxy) is 1. The fourth-order valence-corrected chi connectivity index (χ4v) is 4.22. The van der Waals surface area contributed by atoms with Crippen LogP contribution in [0.15, 0.2) is 48.5 Å². The number of halogens is 1. The standard InChI is InChI=1S/C23H28ClN3O2/c24-21-6-7-22-19(15-21)14-20(17-29-22)23(28)25-8-9-26-10-12-27(13-11-26)16-18-4-2-1-3-5-18/h1-7,15,20H,8-14,16-17H2,(H,25,28). The van der Waals surface area contributed by atoms with E-state index in [1.165, 1.54) is 5.56 Å². The van der Waals surface area contributed by atoms with Crippen molar-refractivity contribution in [1.29, 1.82) is 0 Å². The van der Waals surface area contributed by atoms with Gasteiger partial charge in [-0.15, -0.1) is 0 Å². The van der Waals surface area contributed by atoms with Crippen molar-refractivity contribution in [2.24, 2.45) is 5.92 Å². The van der Waals surface area contributed by atoms with Crippen LogP contribution in [-0.4, -0.2) is 61.6 Å². The lowest BCUT2D eigenvalue weighted by Gasteiger charge is -2.34. The van der Waals surface area contributed by atoms with Gasteiger partial charge in [0, 0.05) is 50.8 Å². The number of piperazine rings is 1. The van der Waals surface area contributed by atoms with E-state index in [9.17, 15) is 4.79 Å². The molecule has 1 N–H and O–H groups in total. The van der Waals surface area contributed by atoms with Gasteiger partial charge in [-0.05, 0) is 35.7 Å². The van der Waals surface area contributed by atoms with Crippen LogP contribution in [0.1, 0.15) is 11.1 Å². The highest BCUT2D eigenvalue weighted by molar-refractivity contribution is 6.30. The molecule has 2 aromatic rings. The summed E-state index contributed by atoms with van der Waals surface area (Å²) in [5, 5.41) is 3.77. The van der Waals surface area contributed by atoms with Gasteiger partial charge in [0.2, 0.25) is 5.91 Å². The molecule has 1 unspecified atom stereocenters. The van der Waals surface area contributed by atoms with E-state index in [2.05, 4.69) is 45.4 Å². The van der Waals surface area contributed by atoms with Gasteiger partial charge in [0.25, 0.3) is 0 Å². The average molecular weight is 414 g/mol. The first-order chi connectivity index (χ1) is 14.2. The Hall–Kier alpha value is -2.08. The molecule has 2 heterocycles. The fourth-order valence-electron chi connectivity index (χ4n) is 4.03. The molecule has 1 atom stereocenters. The maximum atomic E-state index is 12.5. The lowest BCUT2D eigenvalue weighted by atomic mass is 9.96. The number of carbonyl (C=O) groups excluding carboxylic acids is 1. The molecule has 6 heteroatoms. The summed E-state index contributed by atoms with van der Waals surface area (Å²) >= 11 is 6.06. The number of rotatable bonds is 6. The second-order valence-corrected chi connectivity index (χ2v) is 8.29. The minimum Gasteiger partial charge on any atom is -0.492 e. The van der Waals surface area contributed by atoms with Crippen LogP contribution >= 0.6 is 11.6 Å². The van der Waals surface area contributed by atoms with Crippen molar-refractivity contribution in [3.63, 3.8) is 0 Å². The Bertz CT molecular complexity index is 822. The number of amides is 1. The molecule has 0 bridgehead atoms. The summed E-state index contributed by atoms with van der Waals surface area (Å²) in [6.45, 7) is 7.23. The largest absolute Gasteiger partial charge is 0.492 e. The van der Waals surface area contributed by atoms with Gasteiger partial charge in [0.15, 0.2) is 0 Å². The first-order valence-corrected chi connectivity index (χ1v) is 10.7. The Morgan fingerprint density at radius 1 is 1.07 bits per heavy atom. The van der Waals surface area contributed by atoms with Gasteiger partial charge in [-0.1, -0.05) is 41.9 Å².